The summed E-state index contributed by atoms with van der Waals surface area (Å²) in [5, 5.41) is 2.44. The number of halogens is 1. The van der Waals surface area contributed by atoms with Crippen LogP contribution in [0, 0.1) is 24.6 Å². The Morgan fingerprint density at radius 1 is 0.800 bits per heavy atom. The van der Waals surface area contributed by atoms with Crippen molar-refractivity contribution in [3.63, 3.8) is 0 Å². The molecule has 3 aromatic rings. The first kappa shape index (κ1) is 12.4. The highest BCUT2D eigenvalue weighted by molar-refractivity contribution is 5.86. The van der Waals surface area contributed by atoms with Gasteiger partial charge in [0.15, 0.2) is 0 Å². The highest BCUT2D eigenvalue weighted by Crippen LogP contribution is 2.19. The largest absolute Gasteiger partial charge is 0.207 e. The molecule has 0 aromatic heterocycles. The van der Waals surface area contributed by atoms with Crippen LogP contribution in [0.15, 0.2) is 60.7 Å². The highest BCUT2D eigenvalue weighted by atomic mass is 19.1. The summed E-state index contributed by atoms with van der Waals surface area (Å²) in [5.41, 5.74) is 3.03. The Bertz CT molecular complexity index is 818. The third kappa shape index (κ3) is 2.55. The van der Waals surface area contributed by atoms with Crippen LogP contribution in [0.5, 0.6) is 0 Å². The Labute approximate surface area is 117 Å². The fourth-order valence-corrected chi connectivity index (χ4v) is 2.18. The molecule has 3 rings (SSSR count). The molecule has 0 fully saturated rings. The molecule has 0 aliphatic carbocycles. The van der Waals surface area contributed by atoms with Crippen LogP contribution < -0.4 is 0 Å². The highest BCUT2D eigenvalue weighted by Gasteiger charge is 1.97. The number of benzene rings is 3. The Morgan fingerprint density at radius 2 is 1.50 bits per heavy atom. The SMILES string of the molecule is Cc1cccc2ccc(C#Cc3ccc(F)cc3)cc12. The van der Waals surface area contributed by atoms with Crippen LogP contribution >= 0.6 is 0 Å². The van der Waals surface area contributed by atoms with Crippen LogP contribution in [-0.4, -0.2) is 0 Å². The second kappa shape index (κ2) is 5.19. The van der Waals surface area contributed by atoms with Gasteiger partial charge in [-0.3, -0.25) is 0 Å². The Kier molecular flexibility index (Phi) is 3.23. The Morgan fingerprint density at radius 3 is 2.30 bits per heavy atom. The lowest BCUT2D eigenvalue weighted by Gasteiger charge is -2.01. The molecule has 1 heteroatoms. The summed E-state index contributed by atoms with van der Waals surface area (Å²) < 4.78 is 12.8. The van der Waals surface area contributed by atoms with E-state index < -0.39 is 0 Å². The van der Waals surface area contributed by atoms with Crippen LogP contribution in [0.2, 0.25) is 0 Å². The predicted octanol–water partition coefficient (Wildman–Crippen LogP) is 4.69. The minimum Gasteiger partial charge on any atom is -0.207 e. The van der Waals surface area contributed by atoms with E-state index in [0.29, 0.717) is 0 Å². The van der Waals surface area contributed by atoms with Crippen molar-refractivity contribution < 1.29 is 4.39 Å². The van der Waals surface area contributed by atoms with Crippen molar-refractivity contribution in [3.05, 3.63) is 83.2 Å². The van der Waals surface area contributed by atoms with E-state index in [9.17, 15) is 4.39 Å². The predicted molar refractivity (Wildman–Crippen MR) is 81.1 cm³/mol. The van der Waals surface area contributed by atoms with Crippen molar-refractivity contribution in [2.75, 3.05) is 0 Å². The normalized spacial score (nSPS) is 10.1. The van der Waals surface area contributed by atoms with Crippen molar-refractivity contribution >= 4 is 10.8 Å². The maximum absolute atomic E-state index is 12.8. The smallest absolute Gasteiger partial charge is 0.123 e. The zero-order valence-corrected chi connectivity index (χ0v) is 11.2. The molecule has 3 aromatic carbocycles. The quantitative estimate of drug-likeness (QED) is 0.514. The van der Waals surface area contributed by atoms with E-state index >= 15 is 0 Å². The van der Waals surface area contributed by atoms with Gasteiger partial charge < -0.3 is 0 Å². The first-order chi connectivity index (χ1) is 9.72. The fraction of sp³-hybridized carbons (Fsp3) is 0.0526. The third-order valence-corrected chi connectivity index (χ3v) is 3.30. The monoisotopic (exact) mass is 260 g/mol. The number of hydrogen-bond acceptors (Lipinski definition) is 0. The van der Waals surface area contributed by atoms with E-state index in [1.165, 1.54) is 28.5 Å². The second-order valence-electron chi connectivity index (χ2n) is 4.77. The Hall–Kier alpha value is -2.59. The molecule has 0 atom stereocenters. The van der Waals surface area contributed by atoms with Gasteiger partial charge in [0, 0.05) is 11.1 Å². The molecule has 0 N–H and O–H groups in total. The number of fused-ring (bicyclic) bond motifs is 1. The van der Waals surface area contributed by atoms with Gasteiger partial charge in [-0.05, 0) is 59.7 Å². The molecule has 0 heterocycles. The van der Waals surface area contributed by atoms with E-state index in [2.05, 4.69) is 49.1 Å². The van der Waals surface area contributed by atoms with Gasteiger partial charge in [0.25, 0.3) is 0 Å². The van der Waals surface area contributed by atoms with E-state index in [1.807, 2.05) is 6.07 Å². The van der Waals surface area contributed by atoms with E-state index in [1.54, 1.807) is 12.1 Å². The molecular formula is C19H13F. The van der Waals surface area contributed by atoms with E-state index in [-0.39, 0.29) is 5.82 Å². The summed E-state index contributed by atoms with van der Waals surface area (Å²) >= 11 is 0. The summed E-state index contributed by atoms with van der Waals surface area (Å²) in [4.78, 5) is 0. The number of aryl methyl sites for hydroxylation is 1. The minimum atomic E-state index is -0.239. The van der Waals surface area contributed by atoms with Gasteiger partial charge in [-0.2, -0.15) is 0 Å². The molecule has 0 nitrogen and oxygen atoms in total. The van der Waals surface area contributed by atoms with Crippen molar-refractivity contribution in [1.82, 2.24) is 0 Å². The van der Waals surface area contributed by atoms with E-state index in [0.717, 1.165) is 11.1 Å². The molecular weight excluding hydrogens is 247 g/mol. The lowest BCUT2D eigenvalue weighted by atomic mass is 10.0. The second-order valence-corrected chi connectivity index (χ2v) is 4.77. The van der Waals surface area contributed by atoms with Crippen LogP contribution in [0.3, 0.4) is 0 Å². The van der Waals surface area contributed by atoms with Gasteiger partial charge in [0.2, 0.25) is 0 Å². The zero-order chi connectivity index (χ0) is 13.9. The first-order valence-electron chi connectivity index (χ1n) is 6.49. The maximum Gasteiger partial charge on any atom is 0.123 e. The molecule has 96 valence electrons. The maximum atomic E-state index is 12.8. The van der Waals surface area contributed by atoms with Crippen molar-refractivity contribution in [1.29, 1.82) is 0 Å². The molecule has 0 aliphatic rings. The van der Waals surface area contributed by atoms with Crippen LogP contribution in [0.1, 0.15) is 16.7 Å². The van der Waals surface area contributed by atoms with Crippen LogP contribution in [0.4, 0.5) is 4.39 Å². The lowest BCUT2D eigenvalue weighted by Crippen LogP contribution is -1.81. The van der Waals surface area contributed by atoms with Gasteiger partial charge in [-0.1, -0.05) is 36.1 Å². The van der Waals surface area contributed by atoms with Crippen LogP contribution in [-0.2, 0) is 0 Å². The zero-order valence-electron chi connectivity index (χ0n) is 11.2. The average molecular weight is 260 g/mol. The first-order valence-corrected chi connectivity index (χ1v) is 6.49. The molecule has 0 bridgehead atoms. The lowest BCUT2D eigenvalue weighted by molar-refractivity contribution is 0.627. The fourth-order valence-electron chi connectivity index (χ4n) is 2.18. The van der Waals surface area contributed by atoms with Gasteiger partial charge in [-0.15, -0.1) is 0 Å². The Balaban J connectivity index is 1.99. The molecule has 0 amide bonds. The van der Waals surface area contributed by atoms with Gasteiger partial charge in [0.05, 0.1) is 0 Å². The summed E-state index contributed by atoms with van der Waals surface area (Å²) in [5.74, 6) is 5.94. The molecule has 0 unspecified atom stereocenters. The molecule has 0 aliphatic heterocycles. The van der Waals surface area contributed by atoms with Crippen molar-refractivity contribution in [2.24, 2.45) is 0 Å². The van der Waals surface area contributed by atoms with Gasteiger partial charge in [-0.25, -0.2) is 4.39 Å². The average Bonchev–Trinajstić information content (AvgIpc) is 2.47. The summed E-state index contributed by atoms with van der Waals surface area (Å²) in [6, 6.07) is 18.7. The number of rotatable bonds is 0. The topological polar surface area (TPSA) is 0 Å². The molecule has 0 saturated heterocycles. The minimum absolute atomic E-state index is 0.239. The van der Waals surface area contributed by atoms with Crippen molar-refractivity contribution in [3.8, 4) is 11.8 Å². The van der Waals surface area contributed by atoms with Crippen molar-refractivity contribution in [2.45, 2.75) is 6.92 Å². The standard InChI is InChI=1S/C19H13F/c1-14-3-2-4-17-10-7-16(13-19(14)17)6-5-15-8-11-18(20)12-9-15/h2-4,7-13H,1H3. The summed E-state index contributed by atoms with van der Waals surface area (Å²) in [6.45, 7) is 2.10. The third-order valence-electron chi connectivity index (χ3n) is 3.30. The molecule has 0 saturated carbocycles. The van der Waals surface area contributed by atoms with Crippen LogP contribution in [0.25, 0.3) is 10.8 Å². The number of hydrogen-bond donors (Lipinski definition) is 0. The molecule has 0 spiro atoms. The molecule has 0 radical (unpaired) electrons. The summed E-state index contributed by atoms with van der Waals surface area (Å²) in [6.07, 6.45) is 0. The molecule has 20 heavy (non-hydrogen) atoms. The van der Waals surface area contributed by atoms with Gasteiger partial charge in [0.1, 0.15) is 5.82 Å². The van der Waals surface area contributed by atoms with E-state index in [4.69, 9.17) is 0 Å². The summed E-state index contributed by atoms with van der Waals surface area (Å²) in [7, 11) is 0. The van der Waals surface area contributed by atoms with Gasteiger partial charge >= 0.3 is 0 Å².